The van der Waals surface area contributed by atoms with Gasteiger partial charge in [0.15, 0.2) is 0 Å². The summed E-state index contributed by atoms with van der Waals surface area (Å²) in [5.41, 5.74) is 4.46. The summed E-state index contributed by atoms with van der Waals surface area (Å²) in [7, 11) is 1.27. The van der Waals surface area contributed by atoms with Crippen molar-refractivity contribution in [1.82, 2.24) is 0 Å². The molecule has 0 bridgehead atoms. The van der Waals surface area contributed by atoms with Crippen LogP contribution in [-0.4, -0.2) is 24.9 Å². The minimum Gasteiger partial charge on any atom is -0.465 e. The average molecular weight is 451 g/mol. The lowest BCUT2D eigenvalue weighted by Gasteiger charge is -2.08. The third-order valence-corrected chi connectivity index (χ3v) is 6.32. The highest BCUT2D eigenvalue weighted by atomic mass is 32.1. The van der Waals surface area contributed by atoms with E-state index in [1.54, 1.807) is 6.92 Å². The first-order valence-corrected chi connectivity index (χ1v) is 11.1. The molecule has 32 heavy (non-hydrogen) atoms. The van der Waals surface area contributed by atoms with Crippen LogP contribution < -0.4 is 10.6 Å². The molecule has 2 aromatic carbocycles. The molecule has 0 radical (unpaired) electrons. The van der Waals surface area contributed by atoms with Crippen LogP contribution in [0.5, 0.6) is 0 Å². The van der Waals surface area contributed by atoms with Gasteiger partial charge in [0.2, 0.25) is 5.91 Å². The Hall–Kier alpha value is -3.45. The summed E-state index contributed by atoms with van der Waals surface area (Å²) >= 11 is 1.07. The zero-order chi connectivity index (χ0) is 23.3. The molecule has 6 nitrogen and oxygen atoms in total. The zero-order valence-electron chi connectivity index (χ0n) is 18.6. The molecule has 0 spiro atoms. The number of anilines is 2. The number of thiophene rings is 1. The van der Waals surface area contributed by atoms with Gasteiger partial charge in [-0.15, -0.1) is 11.3 Å². The molecule has 0 aliphatic rings. The molecule has 2 N–H and O–H groups in total. The maximum absolute atomic E-state index is 13.0. The van der Waals surface area contributed by atoms with Crippen molar-refractivity contribution in [3.05, 3.63) is 81.2 Å². The molecule has 0 aliphatic carbocycles. The molecule has 7 heteroatoms. The van der Waals surface area contributed by atoms with Crippen LogP contribution in [0.4, 0.5) is 10.7 Å². The highest BCUT2D eigenvalue weighted by Crippen LogP contribution is 2.34. The molecule has 2 amide bonds. The minimum absolute atomic E-state index is 0.205. The molecule has 0 atom stereocenters. The first-order valence-electron chi connectivity index (χ1n) is 10.2. The van der Waals surface area contributed by atoms with Gasteiger partial charge in [-0.05, 0) is 49.9 Å². The first kappa shape index (κ1) is 23.2. The van der Waals surface area contributed by atoms with Gasteiger partial charge in [-0.3, -0.25) is 9.59 Å². The number of hydrogen-bond acceptors (Lipinski definition) is 5. The number of esters is 1. The molecule has 1 heterocycles. The Labute approximate surface area is 191 Å². The number of benzene rings is 2. The van der Waals surface area contributed by atoms with Gasteiger partial charge in [0.25, 0.3) is 5.91 Å². The standard InChI is InChI=1S/C25H26N2O4S/c1-15-10-12-19(16(2)14-15)26-23(29)22-17(3)21(25(30)31-4)24(32-22)27-20(28)13-11-18-8-6-5-7-9-18/h5-10,12,14H,11,13H2,1-4H3,(H,26,29)(H,27,28). The Kier molecular flexibility index (Phi) is 7.43. The Morgan fingerprint density at radius 3 is 2.34 bits per heavy atom. The fourth-order valence-corrected chi connectivity index (χ4v) is 4.50. The van der Waals surface area contributed by atoms with E-state index in [2.05, 4.69) is 10.6 Å². The normalized spacial score (nSPS) is 10.5. The van der Waals surface area contributed by atoms with Crippen molar-refractivity contribution in [2.45, 2.75) is 33.6 Å². The molecule has 3 rings (SSSR count). The molecule has 0 aliphatic heterocycles. The van der Waals surface area contributed by atoms with Crippen LogP contribution in [0, 0.1) is 20.8 Å². The number of aryl methyl sites for hydroxylation is 3. The number of nitrogens with one attached hydrogen (secondary N) is 2. The molecule has 0 saturated heterocycles. The SMILES string of the molecule is COC(=O)c1c(NC(=O)CCc2ccccc2)sc(C(=O)Nc2ccc(C)cc2C)c1C. The van der Waals surface area contributed by atoms with Crippen LogP contribution >= 0.6 is 11.3 Å². The second-order valence-electron chi connectivity index (χ2n) is 7.56. The van der Waals surface area contributed by atoms with Crippen molar-refractivity contribution < 1.29 is 19.1 Å². The molecular formula is C25H26N2O4S. The van der Waals surface area contributed by atoms with E-state index < -0.39 is 5.97 Å². The van der Waals surface area contributed by atoms with Gasteiger partial charge in [-0.25, -0.2) is 4.79 Å². The van der Waals surface area contributed by atoms with Gasteiger partial charge in [0.05, 0.1) is 17.6 Å². The van der Waals surface area contributed by atoms with E-state index in [1.165, 1.54) is 7.11 Å². The van der Waals surface area contributed by atoms with Crippen LogP contribution in [0.2, 0.25) is 0 Å². The minimum atomic E-state index is -0.595. The summed E-state index contributed by atoms with van der Waals surface area (Å²) in [4.78, 5) is 38.3. The Balaban J connectivity index is 1.81. The van der Waals surface area contributed by atoms with Crippen LogP contribution in [0.25, 0.3) is 0 Å². The fourth-order valence-electron chi connectivity index (χ4n) is 3.39. The van der Waals surface area contributed by atoms with E-state index in [0.717, 1.165) is 28.0 Å². The summed E-state index contributed by atoms with van der Waals surface area (Å²) in [5, 5.41) is 6.01. The smallest absolute Gasteiger partial charge is 0.341 e. The maximum atomic E-state index is 13.0. The lowest BCUT2D eigenvalue weighted by atomic mass is 10.1. The molecule has 1 aromatic heterocycles. The molecule has 0 fully saturated rings. The van der Waals surface area contributed by atoms with E-state index in [4.69, 9.17) is 4.74 Å². The van der Waals surface area contributed by atoms with Crippen molar-refractivity contribution in [2.75, 3.05) is 17.7 Å². The molecule has 0 saturated carbocycles. The molecular weight excluding hydrogens is 424 g/mol. The molecule has 0 unspecified atom stereocenters. The third-order valence-electron chi connectivity index (χ3n) is 5.11. The highest BCUT2D eigenvalue weighted by Gasteiger charge is 2.26. The van der Waals surface area contributed by atoms with Crippen LogP contribution in [0.15, 0.2) is 48.5 Å². The Morgan fingerprint density at radius 2 is 1.69 bits per heavy atom. The maximum Gasteiger partial charge on any atom is 0.341 e. The third kappa shape index (κ3) is 5.42. The average Bonchev–Trinajstić information content (AvgIpc) is 3.10. The van der Waals surface area contributed by atoms with Gasteiger partial charge >= 0.3 is 5.97 Å². The second-order valence-corrected chi connectivity index (χ2v) is 8.58. The highest BCUT2D eigenvalue weighted by molar-refractivity contribution is 7.18. The number of methoxy groups -OCH3 is 1. The summed E-state index contributed by atoms with van der Waals surface area (Å²) in [6, 6.07) is 15.4. The largest absolute Gasteiger partial charge is 0.465 e. The van der Waals surface area contributed by atoms with Crippen molar-refractivity contribution in [2.24, 2.45) is 0 Å². The van der Waals surface area contributed by atoms with E-state index in [0.29, 0.717) is 27.5 Å². The number of hydrogen-bond donors (Lipinski definition) is 2. The van der Waals surface area contributed by atoms with Crippen LogP contribution in [-0.2, 0) is 16.0 Å². The van der Waals surface area contributed by atoms with Crippen molar-refractivity contribution in [3.63, 3.8) is 0 Å². The van der Waals surface area contributed by atoms with Crippen molar-refractivity contribution in [1.29, 1.82) is 0 Å². The lowest BCUT2D eigenvalue weighted by Crippen LogP contribution is -2.15. The summed E-state index contributed by atoms with van der Waals surface area (Å²) in [5.74, 6) is -1.17. The predicted octanol–water partition coefficient (Wildman–Crippen LogP) is 5.28. The van der Waals surface area contributed by atoms with Gasteiger partial charge in [-0.1, -0.05) is 48.0 Å². The molecule has 3 aromatic rings. The van der Waals surface area contributed by atoms with E-state index in [1.807, 2.05) is 62.4 Å². The van der Waals surface area contributed by atoms with E-state index >= 15 is 0 Å². The Bertz CT molecular complexity index is 1150. The quantitative estimate of drug-likeness (QED) is 0.480. The monoisotopic (exact) mass is 450 g/mol. The number of carbonyl (C=O) groups excluding carboxylic acids is 3. The van der Waals surface area contributed by atoms with Gasteiger partial charge in [0, 0.05) is 12.1 Å². The Morgan fingerprint density at radius 1 is 0.969 bits per heavy atom. The molecule has 166 valence electrons. The van der Waals surface area contributed by atoms with Crippen molar-refractivity contribution in [3.8, 4) is 0 Å². The van der Waals surface area contributed by atoms with E-state index in [9.17, 15) is 14.4 Å². The van der Waals surface area contributed by atoms with Crippen LogP contribution in [0.1, 0.15) is 48.7 Å². The first-order chi connectivity index (χ1) is 15.3. The van der Waals surface area contributed by atoms with Gasteiger partial charge in [-0.2, -0.15) is 0 Å². The summed E-state index contributed by atoms with van der Waals surface area (Å²) in [6.45, 7) is 5.58. The number of carbonyl (C=O) groups is 3. The van der Waals surface area contributed by atoms with Gasteiger partial charge < -0.3 is 15.4 Å². The fraction of sp³-hybridized carbons (Fsp3) is 0.240. The number of rotatable bonds is 7. The van der Waals surface area contributed by atoms with Crippen LogP contribution in [0.3, 0.4) is 0 Å². The summed E-state index contributed by atoms with van der Waals surface area (Å²) < 4.78 is 4.90. The predicted molar refractivity (Wildman–Crippen MR) is 128 cm³/mol. The zero-order valence-corrected chi connectivity index (χ0v) is 19.4. The summed E-state index contributed by atoms with van der Waals surface area (Å²) in [6.07, 6.45) is 0.830. The number of ether oxygens (including phenoxy) is 1. The van der Waals surface area contributed by atoms with E-state index in [-0.39, 0.29) is 23.8 Å². The number of amides is 2. The van der Waals surface area contributed by atoms with Crippen molar-refractivity contribution >= 4 is 39.8 Å². The second kappa shape index (κ2) is 10.2. The van der Waals surface area contributed by atoms with Gasteiger partial charge in [0.1, 0.15) is 5.00 Å². The topological polar surface area (TPSA) is 84.5 Å². The lowest BCUT2D eigenvalue weighted by molar-refractivity contribution is -0.116.